The predicted octanol–water partition coefficient (Wildman–Crippen LogP) is 0.403. The zero-order valence-electron chi connectivity index (χ0n) is 13.1. The van der Waals surface area contributed by atoms with Crippen LogP contribution in [0.2, 0.25) is 0 Å². The number of anilines is 1. The summed E-state index contributed by atoms with van der Waals surface area (Å²) in [5.41, 5.74) is 0. The summed E-state index contributed by atoms with van der Waals surface area (Å²) in [4.78, 5) is 16.2. The summed E-state index contributed by atoms with van der Waals surface area (Å²) in [6.07, 6.45) is 2.40. The SMILES string of the molecule is Cc1ncc(S(=O)(=O)Nc2cnn(C(C(=O)O)C(C)C)n2)n1C. The molecule has 0 amide bonds. The van der Waals surface area contributed by atoms with E-state index in [2.05, 4.69) is 19.9 Å². The second-order valence-corrected chi connectivity index (χ2v) is 7.01. The maximum atomic E-state index is 12.3. The number of imidazole rings is 1. The number of carboxylic acid groups (broad SMARTS) is 1. The third-order valence-electron chi connectivity index (χ3n) is 3.33. The molecular formula is C12H18N6O4S. The fourth-order valence-corrected chi connectivity index (χ4v) is 3.19. The summed E-state index contributed by atoms with van der Waals surface area (Å²) in [6, 6.07) is -0.979. The minimum Gasteiger partial charge on any atom is -0.480 e. The van der Waals surface area contributed by atoms with E-state index in [9.17, 15) is 18.3 Å². The van der Waals surface area contributed by atoms with E-state index in [0.29, 0.717) is 5.82 Å². The van der Waals surface area contributed by atoms with E-state index >= 15 is 0 Å². The molecule has 0 radical (unpaired) electrons. The van der Waals surface area contributed by atoms with Crippen molar-refractivity contribution in [3.05, 3.63) is 18.2 Å². The molecule has 0 fully saturated rings. The Morgan fingerprint density at radius 2 is 2.00 bits per heavy atom. The van der Waals surface area contributed by atoms with Crippen LogP contribution in [0.15, 0.2) is 17.4 Å². The fraction of sp³-hybridized carbons (Fsp3) is 0.500. The van der Waals surface area contributed by atoms with Crippen LogP contribution in [0.1, 0.15) is 25.7 Å². The van der Waals surface area contributed by atoms with Gasteiger partial charge in [-0.2, -0.15) is 18.3 Å². The summed E-state index contributed by atoms with van der Waals surface area (Å²) < 4.78 is 28.3. The van der Waals surface area contributed by atoms with Crippen molar-refractivity contribution in [2.45, 2.75) is 31.8 Å². The van der Waals surface area contributed by atoms with Crippen LogP contribution in [-0.4, -0.2) is 44.0 Å². The number of carboxylic acids is 1. The van der Waals surface area contributed by atoms with E-state index in [1.807, 2.05) is 0 Å². The standard InChI is InChI=1S/C12H18N6O4S/c1-7(2)11(12(19)20)18-14-5-9(15-18)16-23(21,22)10-6-13-8(3)17(10)4/h5-7,11H,1-4H3,(H,15,16)(H,19,20). The van der Waals surface area contributed by atoms with Gasteiger partial charge in [0.1, 0.15) is 5.82 Å². The van der Waals surface area contributed by atoms with Crippen molar-refractivity contribution in [3.8, 4) is 0 Å². The third kappa shape index (κ3) is 3.33. The molecule has 126 valence electrons. The Balaban J connectivity index is 2.28. The van der Waals surface area contributed by atoms with Crippen molar-refractivity contribution < 1.29 is 18.3 Å². The fourth-order valence-electron chi connectivity index (χ4n) is 2.03. The first kappa shape index (κ1) is 16.9. The lowest BCUT2D eigenvalue weighted by Gasteiger charge is -2.14. The Hall–Kier alpha value is -2.43. The molecule has 2 heterocycles. The van der Waals surface area contributed by atoms with Crippen LogP contribution in [0.5, 0.6) is 0 Å². The Bertz CT molecular complexity index is 822. The lowest BCUT2D eigenvalue weighted by atomic mass is 10.1. The molecule has 0 aliphatic rings. The largest absolute Gasteiger partial charge is 0.480 e. The highest BCUT2D eigenvalue weighted by atomic mass is 32.2. The van der Waals surface area contributed by atoms with Gasteiger partial charge in [-0.1, -0.05) is 13.8 Å². The van der Waals surface area contributed by atoms with Crippen molar-refractivity contribution in [2.24, 2.45) is 13.0 Å². The van der Waals surface area contributed by atoms with Crippen molar-refractivity contribution in [1.29, 1.82) is 0 Å². The van der Waals surface area contributed by atoms with E-state index in [4.69, 9.17) is 0 Å². The zero-order valence-corrected chi connectivity index (χ0v) is 13.9. The number of nitrogens with one attached hydrogen (secondary N) is 1. The van der Waals surface area contributed by atoms with Gasteiger partial charge in [0, 0.05) is 7.05 Å². The van der Waals surface area contributed by atoms with Crippen LogP contribution in [0.25, 0.3) is 0 Å². The van der Waals surface area contributed by atoms with Gasteiger partial charge in [0.2, 0.25) is 0 Å². The van der Waals surface area contributed by atoms with Crippen LogP contribution < -0.4 is 4.72 Å². The second-order valence-electron chi connectivity index (χ2n) is 5.39. The molecule has 0 saturated heterocycles. The molecule has 0 bridgehead atoms. The molecule has 1 unspecified atom stereocenters. The number of aromatic nitrogens is 5. The first-order chi connectivity index (χ1) is 10.6. The molecule has 0 spiro atoms. The molecule has 2 aromatic heterocycles. The van der Waals surface area contributed by atoms with Gasteiger partial charge in [0.25, 0.3) is 10.0 Å². The molecule has 1 atom stereocenters. The highest BCUT2D eigenvalue weighted by Gasteiger charge is 2.27. The normalized spacial score (nSPS) is 13.3. The van der Waals surface area contributed by atoms with Crippen LogP contribution in [-0.2, 0) is 21.9 Å². The highest BCUT2D eigenvalue weighted by Crippen LogP contribution is 2.18. The molecule has 0 aliphatic heterocycles. The molecular weight excluding hydrogens is 324 g/mol. The maximum Gasteiger partial charge on any atom is 0.330 e. The van der Waals surface area contributed by atoms with Gasteiger partial charge >= 0.3 is 5.97 Å². The van der Waals surface area contributed by atoms with Crippen LogP contribution in [0.4, 0.5) is 5.82 Å². The van der Waals surface area contributed by atoms with Gasteiger partial charge in [-0.15, -0.1) is 5.10 Å². The van der Waals surface area contributed by atoms with Crippen molar-refractivity contribution >= 4 is 21.8 Å². The average Bonchev–Trinajstić information content (AvgIpc) is 2.97. The average molecular weight is 342 g/mol. The van der Waals surface area contributed by atoms with Gasteiger partial charge in [0.05, 0.1) is 12.4 Å². The Morgan fingerprint density at radius 1 is 1.35 bits per heavy atom. The van der Waals surface area contributed by atoms with E-state index in [1.165, 1.54) is 17.0 Å². The van der Waals surface area contributed by atoms with E-state index < -0.39 is 22.0 Å². The van der Waals surface area contributed by atoms with Crippen molar-refractivity contribution in [3.63, 3.8) is 0 Å². The molecule has 11 heteroatoms. The molecule has 10 nitrogen and oxygen atoms in total. The van der Waals surface area contributed by atoms with E-state index in [1.54, 1.807) is 27.8 Å². The predicted molar refractivity (Wildman–Crippen MR) is 80.3 cm³/mol. The molecule has 2 N–H and O–H groups in total. The molecule has 2 rings (SSSR count). The molecule has 0 aromatic carbocycles. The number of carbonyl (C=O) groups is 1. The monoisotopic (exact) mass is 342 g/mol. The topological polar surface area (TPSA) is 132 Å². The number of aryl methyl sites for hydroxylation is 1. The Labute approximate surface area is 133 Å². The number of hydrogen-bond acceptors (Lipinski definition) is 6. The molecule has 0 saturated carbocycles. The van der Waals surface area contributed by atoms with Crippen LogP contribution >= 0.6 is 0 Å². The number of nitrogens with zero attached hydrogens (tertiary/aromatic N) is 5. The summed E-state index contributed by atoms with van der Waals surface area (Å²) in [6.45, 7) is 5.10. The molecule has 23 heavy (non-hydrogen) atoms. The summed E-state index contributed by atoms with van der Waals surface area (Å²) >= 11 is 0. The lowest BCUT2D eigenvalue weighted by Crippen LogP contribution is -2.26. The van der Waals surface area contributed by atoms with Crippen molar-refractivity contribution in [2.75, 3.05) is 4.72 Å². The second kappa shape index (κ2) is 5.99. The Morgan fingerprint density at radius 3 is 2.48 bits per heavy atom. The van der Waals surface area contributed by atoms with Crippen LogP contribution in [0, 0.1) is 12.8 Å². The van der Waals surface area contributed by atoms with E-state index in [0.717, 1.165) is 4.80 Å². The summed E-state index contributed by atoms with van der Waals surface area (Å²) in [7, 11) is -2.31. The maximum absolute atomic E-state index is 12.3. The van der Waals surface area contributed by atoms with Gasteiger partial charge in [-0.25, -0.2) is 9.78 Å². The van der Waals surface area contributed by atoms with Gasteiger partial charge in [-0.05, 0) is 12.8 Å². The molecule has 0 aliphatic carbocycles. The minimum absolute atomic E-state index is 0.0248. The summed E-state index contributed by atoms with van der Waals surface area (Å²) in [5.74, 6) is -0.869. The van der Waals surface area contributed by atoms with Crippen LogP contribution in [0.3, 0.4) is 0 Å². The lowest BCUT2D eigenvalue weighted by molar-refractivity contribution is -0.143. The first-order valence-electron chi connectivity index (χ1n) is 6.79. The third-order valence-corrected chi connectivity index (χ3v) is 4.74. The number of sulfonamides is 1. The van der Waals surface area contributed by atoms with E-state index in [-0.39, 0.29) is 16.8 Å². The van der Waals surface area contributed by atoms with Gasteiger partial charge in [-0.3, -0.25) is 4.72 Å². The highest BCUT2D eigenvalue weighted by molar-refractivity contribution is 7.92. The summed E-state index contributed by atoms with van der Waals surface area (Å²) in [5, 5.41) is 16.9. The van der Waals surface area contributed by atoms with Gasteiger partial charge < -0.3 is 9.67 Å². The van der Waals surface area contributed by atoms with Gasteiger partial charge in [0.15, 0.2) is 16.9 Å². The molecule has 2 aromatic rings. The number of aliphatic carboxylic acids is 1. The smallest absolute Gasteiger partial charge is 0.330 e. The quantitative estimate of drug-likeness (QED) is 0.776. The number of rotatable bonds is 6. The van der Waals surface area contributed by atoms with Crippen molar-refractivity contribution in [1.82, 2.24) is 24.5 Å². The minimum atomic E-state index is -3.89. The first-order valence-corrected chi connectivity index (χ1v) is 8.27. The zero-order chi connectivity index (χ0) is 17.4. The number of hydrogen-bond donors (Lipinski definition) is 2. The Kier molecular flexibility index (Phi) is 4.41.